The number of aromatic nitrogens is 1. The van der Waals surface area contributed by atoms with Gasteiger partial charge in [-0.05, 0) is 31.6 Å². The molecule has 0 unspecified atom stereocenters. The summed E-state index contributed by atoms with van der Waals surface area (Å²) in [5.41, 5.74) is 7.93. The van der Waals surface area contributed by atoms with Crippen LogP contribution in [0.5, 0.6) is 0 Å². The smallest absolute Gasteiger partial charge is 0.267 e. The number of benzene rings is 1. The van der Waals surface area contributed by atoms with Gasteiger partial charge in [0.05, 0.1) is 11.2 Å². The Kier molecular flexibility index (Phi) is 5.22. The van der Waals surface area contributed by atoms with E-state index >= 15 is 0 Å². The maximum absolute atomic E-state index is 12.2. The summed E-state index contributed by atoms with van der Waals surface area (Å²) in [5.74, 6) is -0.0850. The van der Waals surface area contributed by atoms with Crippen molar-refractivity contribution in [2.45, 2.75) is 20.3 Å². The minimum atomic E-state index is -0.0850. The Labute approximate surface area is 125 Å². The van der Waals surface area contributed by atoms with Crippen LogP contribution in [0.3, 0.4) is 0 Å². The van der Waals surface area contributed by atoms with Crippen LogP contribution in [0, 0.1) is 0 Å². The number of aromatic amines is 1. The van der Waals surface area contributed by atoms with Gasteiger partial charge in [0.25, 0.3) is 5.91 Å². The number of nitrogens with two attached hydrogens (primary N) is 1. The first-order valence-corrected chi connectivity index (χ1v) is 7.53. The largest absolute Gasteiger partial charge is 0.397 e. The summed E-state index contributed by atoms with van der Waals surface area (Å²) in [6.07, 6.45) is 1.13. The van der Waals surface area contributed by atoms with Gasteiger partial charge in [-0.2, -0.15) is 0 Å². The molecule has 4 N–H and O–H groups in total. The average Bonchev–Trinajstić information content (AvgIpc) is 2.92. The second-order valence-electron chi connectivity index (χ2n) is 5.18. The van der Waals surface area contributed by atoms with Crippen LogP contribution in [0.2, 0.25) is 0 Å². The minimum absolute atomic E-state index is 0.0850. The van der Waals surface area contributed by atoms with Crippen LogP contribution in [0.15, 0.2) is 24.3 Å². The molecule has 1 heterocycles. The first kappa shape index (κ1) is 15.4. The SMILES string of the molecule is CCCN(CC)CCNC(=O)c1cc2cccc(N)c2[nH]1. The monoisotopic (exact) mass is 288 g/mol. The third kappa shape index (κ3) is 3.76. The Morgan fingerprint density at radius 2 is 2.14 bits per heavy atom. The second kappa shape index (κ2) is 7.13. The van der Waals surface area contributed by atoms with E-state index in [1.807, 2.05) is 24.3 Å². The fourth-order valence-corrected chi connectivity index (χ4v) is 2.47. The summed E-state index contributed by atoms with van der Waals surface area (Å²) >= 11 is 0. The molecular formula is C16H24N4O. The van der Waals surface area contributed by atoms with Crippen LogP contribution in [-0.2, 0) is 0 Å². The van der Waals surface area contributed by atoms with Gasteiger partial charge in [0.1, 0.15) is 5.69 Å². The van der Waals surface area contributed by atoms with Crippen LogP contribution in [0.25, 0.3) is 10.9 Å². The molecule has 0 saturated heterocycles. The van der Waals surface area contributed by atoms with Gasteiger partial charge in [-0.25, -0.2) is 0 Å². The first-order valence-electron chi connectivity index (χ1n) is 7.53. The first-order chi connectivity index (χ1) is 10.2. The van der Waals surface area contributed by atoms with E-state index in [-0.39, 0.29) is 5.91 Å². The van der Waals surface area contributed by atoms with Crippen molar-refractivity contribution in [3.63, 3.8) is 0 Å². The number of nitrogen functional groups attached to an aromatic ring is 1. The van der Waals surface area contributed by atoms with Gasteiger partial charge < -0.3 is 20.9 Å². The maximum Gasteiger partial charge on any atom is 0.267 e. The number of likely N-dealkylation sites (N-methyl/N-ethyl adjacent to an activating group) is 1. The van der Waals surface area contributed by atoms with Crippen molar-refractivity contribution in [3.8, 4) is 0 Å². The molecule has 0 aliphatic heterocycles. The Bertz CT molecular complexity index is 605. The Hall–Kier alpha value is -2.01. The Morgan fingerprint density at radius 3 is 2.81 bits per heavy atom. The fourth-order valence-electron chi connectivity index (χ4n) is 2.47. The van der Waals surface area contributed by atoms with Crippen molar-refractivity contribution in [2.75, 3.05) is 31.9 Å². The standard InChI is InChI=1S/C16H24N4O/c1-3-9-20(4-2)10-8-18-16(21)14-11-12-6-5-7-13(17)15(12)19-14/h5-7,11,19H,3-4,8-10,17H2,1-2H3,(H,18,21). The summed E-state index contributed by atoms with van der Waals surface area (Å²) < 4.78 is 0. The van der Waals surface area contributed by atoms with Gasteiger partial charge in [-0.15, -0.1) is 0 Å². The fraction of sp³-hybridized carbons (Fsp3) is 0.438. The van der Waals surface area contributed by atoms with E-state index in [1.54, 1.807) is 0 Å². The third-order valence-corrected chi connectivity index (χ3v) is 3.63. The van der Waals surface area contributed by atoms with Crippen LogP contribution in [0.1, 0.15) is 30.8 Å². The van der Waals surface area contributed by atoms with Gasteiger partial charge >= 0.3 is 0 Å². The van der Waals surface area contributed by atoms with Crippen molar-refractivity contribution in [2.24, 2.45) is 0 Å². The van der Waals surface area contributed by atoms with E-state index in [9.17, 15) is 4.79 Å². The van der Waals surface area contributed by atoms with Crippen molar-refractivity contribution in [1.82, 2.24) is 15.2 Å². The normalized spacial score (nSPS) is 11.2. The molecule has 0 bridgehead atoms. The second-order valence-corrected chi connectivity index (χ2v) is 5.18. The van der Waals surface area contributed by atoms with Gasteiger partial charge in [0, 0.05) is 18.5 Å². The third-order valence-electron chi connectivity index (χ3n) is 3.63. The molecule has 2 rings (SSSR count). The van der Waals surface area contributed by atoms with Crippen molar-refractivity contribution < 1.29 is 4.79 Å². The highest BCUT2D eigenvalue weighted by molar-refractivity contribution is 6.00. The zero-order valence-electron chi connectivity index (χ0n) is 12.8. The molecule has 1 aromatic carbocycles. The number of para-hydroxylation sites is 1. The summed E-state index contributed by atoms with van der Waals surface area (Å²) in [7, 11) is 0. The van der Waals surface area contributed by atoms with E-state index in [0.29, 0.717) is 17.9 Å². The number of hydrogen-bond donors (Lipinski definition) is 3. The van der Waals surface area contributed by atoms with E-state index < -0.39 is 0 Å². The summed E-state index contributed by atoms with van der Waals surface area (Å²) in [6, 6.07) is 7.49. The molecule has 0 aliphatic rings. The van der Waals surface area contributed by atoms with Crippen LogP contribution in [0.4, 0.5) is 5.69 Å². The molecular weight excluding hydrogens is 264 g/mol. The van der Waals surface area contributed by atoms with E-state index in [1.165, 1.54) is 0 Å². The van der Waals surface area contributed by atoms with E-state index in [4.69, 9.17) is 5.73 Å². The maximum atomic E-state index is 12.2. The molecule has 0 atom stereocenters. The molecule has 0 spiro atoms. The molecule has 0 saturated carbocycles. The number of amides is 1. The van der Waals surface area contributed by atoms with E-state index in [0.717, 1.165) is 37.0 Å². The predicted molar refractivity (Wildman–Crippen MR) is 87.4 cm³/mol. The zero-order chi connectivity index (χ0) is 15.2. The highest BCUT2D eigenvalue weighted by Gasteiger charge is 2.10. The number of hydrogen-bond acceptors (Lipinski definition) is 3. The van der Waals surface area contributed by atoms with Gasteiger partial charge in [0.15, 0.2) is 0 Å². The Morgan fingerprint density at radius 1 is 1.33 bits per heavy atom. The van der Waals surface area contributed by atoms with Gasteiger partial charge in [-0.3, -0.25) is 4.79 Å². The number of anilines is 1. The summed E-state index contributed by atoms with van der Waals surface area (Å²) in [4.78, 5) is 17.6. The molecule has 0 radical (unpaired) electrons. The topological polar surface area (TPSA) is 74.2 Å². The lowest BCUT2D eigenvalue weighted by molar-refractivity contribution is 0.0944. The highest BCUT2D eigenvalue weighted by atomic mass is 16.1. The minimum Gasteiger partial charge on any atom is -0.397 e. The summed E-state index contributed by atoms with van der Waals surface area (Å²) in [5, 5.41) is 3.91. The number of nitrogens with one attached hydrogen (secondary N) is 2. The summed E-state index contributed by atoms with van der Waals surface area (Å²) in [6.45, 7) is 7.89. The van der Waals surface area contributed by atoms with Crippen molar-refractivity contribution >= 4 is 22.5 Å². The van der Waals surface area contributed by atoms with Gasteiger partial charge in [0.2, 0.25) is 0 Å². The quantitative estimate of drug-likeness (QED) is 0.684. The lowest BCUT2D eigenvalue weighted by Crippen LogP contribution is -2.35. The lowest BCUT2D eigenvalue weighted by atomic mass is 10.2. The molecule has 5 nitrogen and oxygen atoms in total. The van der Waals surface area contributed by atoms with Crippen molar-refractivity contribution in [1.29, 1.82) is 0 Å². The molecule has 114 valence electrons. The molecule has 0 fully saturated rings. The average molecular weight is 288 g/mol. The molecule has 21 heavy (non-hydrogen) atoms. The zero-order valence-corrected chi connectivity index (χ0v) is 12.8. The predicted octanol–water partition coefficient (Wildman–Crippen LogP) is 2.21. The van der Waals surface area contributed by atoms with E-state index in [2.05, 4.69) is 29.0 Å². The van der Waals surface area contributed by atoms with Crippen LogP contribution < -0.4 is 11.1 Å². The Balaban J connectivity index is 1.94. The number of rotatable bonds is 7. The number of H-pyrrole nitrogens is 1. The van der Waals surface area contributed by atoms with Crippen LogP contribution >= 0.6 is 0 Å². The van der Waals surface area contributed by atoms with Gasteiger partial charge in [-0.1, -0.05) is 26.0 Å². The molecule has 5 heteroatoms. The van der Waals surface area contributed by atoms with Crippen LogP contribution in [-0.4, -0.2) is 42.0 Å². The molecule has 1 aromatic heterocycles. The number of nitrogens with zero attached hydrogens (tertiary/aromatic N) is 1. The molecule has 1 amide bonds. The highest BCUT2D eigenvalue weighted by Crippen LogP contribution is 2.20. The lowest BCUT2D eigenvalue weighted by Gasteiger charge is -2.19. The number of carbonyl (C=O) groups is 1. The molecule has 0 aliphatic carbocycles. The molecule has 2 aromatic rings. The number of fused-ring (bicyclic) bond motifs is 1. The van der Waals surface area contributed by atoms with Crippen molar-refractivity contribution in [3.05, 3.63) is 30.0 Å². The number of carbonyl (C=O) groups excluding carboxylic acids is 1.